The first-order chi connectivity index (χ1) is 8.50. The van der Waals surface area contributed by atoms with Crippen molar-refractivity contribution in [3.63, 3.8) is 0 Å². The monoisotopic (exact) mass is 242 g/mol. The number of ether oxygens (including phenoxy) is 1. The predicted octanol–water partition coefficient (Wildman–Crippen LogP) is 4.01. The van der Waals surface area contributed by atoms with Crippen LogP contribution in [0.15, 0.2) is 48.5 Å². The number of aryl methyl sites for hydroxylation is 1. The lowest BCUT2D eigenvalue weighted by molar-refractivity contribution is 0.104. The Morgan fingerprint density at radius 2 is 1.56 bits per heavy atom. The highest BCUT2D eigenvalue weighted by Crippen LogP contribution is 2.34. The highest BCUT2D eigenvalue weighted by Gasteiger charge is 2.26. The molecule has 0 saturated heterocycles. The molecule has 0 aliphatic rings. The summed E-state index contributed by atoms with van der Waals surface area (Å²) in [5.41, 5.74) is 1.30. The van der Waals surface area contributed by atoms with Gasteiger partial charge in [-0.05, 0) is 38.5 Å². The summed E-state index contributed by atoms with van der Waals surface area (Å²) >= 11 is 0. The lowest BCUT2D eigenvalue weighted by atomic mass is 9.97. The molecule has 0 saturated carbocycles. The molecule has 2 aromatic rings. The van der Waals surface area contributed by atoms with Crippen molar-refractivity contribution >= 4 is 0 Å². The number of rotatable bonds is 3. The van der Waals surface area contributed by atoms with E-state index in [1.807, 2.05) is 63.2 Å². The van der Waals surface area contributed by atoms with Crippen molar-refractivity contribution in [2.24, 2.45) is 0 Å². The molecule has 0 bridgehead atoms. The number of hydrogen-bond acceptors (Lipinski definition) is 2. The summed E-state index contributed by atoms with van der Waals surface area (Å²) in [5, 5.41) is 9.91. The molecule has 0 amide bonds. The molecule has 0 spiro atoms. The van der Waals surface area contributed by atoms with Crippen molar-refractivity contribution in [2.45, 2.75) is 26.4 Å². The Hall–Kier alpha value is -1.96. The van der Waals surface area contributed by atoms with Crippen LogP contribution in [0.3, 0.4) is 0 Å². The van der Waals surface area contributed by atoms with Crippen molar-refractivity contribution in [1.29, 1.82) is 0 Å². The van der Waals surface area contributed by atoms with E-state index in [2.05, 4.69) is 0 Å². The minimum atomic E-state index is -0.572. The summed E-state index contributed by atoms with van der Waals surface area (Å²) < 4.78 is 6.04. The number of benzene rings is 2. The summed E-state index contributed by atoms with van der Waals surface area (Å²) in [6.07, 6.45) is 0. The normalized spacial score (nSPS) is 11.3. The van der Waals surface area contributed by atoms with Gasteiger partial charge in [-0.25, -0.2) is 0 Å². The Morgan fingerprint density at radius 1 is 0.944 bits per heavy atom. The van der Waals surface area contributed by atoms with Crippen LogP contribution in [0.1, 0.15) is 25.0 Å². The van der Waals surface area contributed by atoms with Gasteiger partial charge in [0.15, 0.2) is 0 Å². The maximum absolute atomic E-state index is 9.91. The molecule has 0 aliphatic heterocycles. The third-order valence-corrected chi connectivity index (χ3v) is 3.01. The highest BCUT2D eigenvalue weighted by atomic mass is 16.5. The molecule has 2 rings (SSSR count). The average Bonchev–Trinajstić information content (AvgIpc) is 2.32. The van der Waals surface area contributed by atoms with E-state index < -0.39 is 5.60 Å². The average molecular weight is 242 g/mol. The molecule has 2 aromatic carbocycles. The van der Waals surface area contributed by atoms with E-state index in [-0.39, 0.29) is 5.75 Å². The van der Waals surface area contributed by atoms with Gasteiger partial charge in [0.2, 0.25) is 0 Å². The highest BCUT2D eigenvalue weighted by molar-refractivity contribution is 5.39. The Kier molecular flexibility index (Phi) is 3.28. The van der Waals surface area contributed by atoms with Crippen LogP contribution in [0.5, 0.6) is 11.5 Å². The minimum Gasteiger partial charge on any atom is -0.508 e. The van der Waals surface area contributed by atoms with Crippen LogP contribution in [-0.2, 0) is 5.60 Å². The van der Waals surface area contributed by atoms with Crippen LogP contribution in [0.2, 0.25) is 0 Å². The lowest BCUT2D eigenvalue weighted by Gasteiger charge is -2.28. The number of phenolic OH excluding ortho intramolecular Hbond substituents is 1. The molecule has 94 valence electrons. The zero-order valence-corrected chi connectivity index (χ0v) is 11.0. The van der Waals surface area contributed by atoms with E-state index >= 15 is 0 Å². The first kappa shape index (κ1) is 12.5. The van der Waals surface area contributed by atoms with Crippen molar-refractivity contribution in [1.82, 2.24) is 0 Å². The topological polar surface area (TPSA) is 29.5 Å². The zero-order chi connectivity index (χ0) is 13.2. The van der Waals surface area contributed by atoms with Gasteiger partial charge >= 0.3 is 0 Å². The summed E-state index contributed by atoms with van der Waals surface area (Å²) in [7, 11) is 0. The van der Waals surface area contributed by atoms with E-state index in [4.69, 9.17) is 4.74 Å². The fourth-order valence-electron chi connectivity index (χ4n) is 1.98. The fourth-order valence-corrected chi connectivity index (χ4v) is 1.98. The molecule has 0 aliphatic carbocycles. The number of para-hydroxylation sites is 2. The van der Waals surface area contributed by atoms with Gasteiger partial charge < -0.3 is 9.84 Å². The number of aromatic hydroxyl groups is 1. The first-order valence-corrected chi connectivity index (χ1v) is 6.04. The smallest absolute Gasteiger partial charge is 0.132 e. The van der Waals surface area contributed by atoms with E-state index in [0.717, 1.165) is 16.9 Å². The number of hydrogen-bond donors (Lipinski definition) is 1. The molecule has 0 atom stereocenters. The van der Waals surface area contributed by atoms with Crippen molar-refractivity contribution < 1.29 is 9.84 Å². The van der Waals surface area contributed by atoms with Crippen molar-refractivity contribution in [2.75, 3.05) is 0 Å². The maximum atomic E-state index is 9.91. The summed E-state index contributed by atoms with van der Waals surface area (Å²) in [5.74, 6) is 1.10. The van der Waals surface area contributed by atoms with Crippen LogP contribution < -0.4 is 4.74 Å². The van der Waals surface area contributed by atoms with Gasteiger partial charge in [0.05, 0.1) is 0 Å². The summed E-state index contributed by atoms with van der Waals surface area (Å²) in [4.78, 5) is 0. The molecular formula is C16H18O2. The molecule has 2 nitrogen and oxygen atoms in total. The second-order valence-corrected chi connectivity index (χ2v) is 4.90. The quantitative estimate of drug-likeness (QED) is 0.881. The largest absolute Gasteiger partial charge is 0.508 e. The van der Waals surface area contributed by atoms with Crippen molar-refractivity contribution in [3.05, 3.63) is 59.7 Å². The first-order valence-electron chi connectivity index (χ1n) is 6.04. The second-order valence-electron chi connectivity index (χ2n) is 4.90. The minimum absolute atomic E-state index is 0.260. The molecule has 0 unspecified atom stereocenters. The molecular weight excluding hydrogens is 224 g/mol. The lowest BCUT2D eigenvalue weighted by Crippen LogP contribution is -2.25. The molecule has 1 N–H and O–H groups in total. The molecule has 18 heavy (non-hydrogen) atoms. The third kappa shape index (κ3) is 2.48. The van der Waals surface area contributed by atoms with Crippen LogP contribution in [0, 0.1) is 6.92 Å². The van der Waals surface area contributed by atoms with Gasteiger partial charge in [0.25, 0.3) is 0 Å². The van der Waals surface area contributed by atoms with Gasteiger partial charge in [-0.3, -0.25) is 0 Å². The van der Waals surface area contributed by atoms with E-state index in [1.54, 1.807) is 6.07 Å². The van der Waals surface area contributed by atoms with E-state index in [0.29, 0.717) is 0 Å². The second kappa shape index (κ2) is 4.73. The zero-order valence-electron chi connectivity index (χ0n) is 11.0. The van der Waals surface area contributed by atoms with Crippen LogP contribution in [0.4, 0.5) is 0 Å². The summed E-state index contributed by atoms with van der Waals surface area (Å²) in [6.45, 7) is 5.92. The number of phenols is 1. The van der Waals surface area contributed by atoms with Gasteiger partial charge in [0, 0.05) is 5.56 Å². The standard InChI is InChI=1S/C16H18O2/c1-12-8-4-7-11-15(12)18-16(2,3)13-9-5-6-10-14(13)17/h4-11,17H,1-3H3. The Balaban J connectivity index is 2.33. The fraction of sp³-hybridized carbons (Fsp3) is 0.250. The molecule has 2 heteroatoms. The molecule has 0 radical (unpaired) electrons. The van der Waals surface area contributed by atoms with E-state index in [1.165, 1.54) is 0 Å². The Labute approximate surface area is 108 Å². The van der Waals surface area contributed by atoms with Gasteiger partial charge in [-0.15, -0.1) is 0 Å². The Bertz CT molecular complexity index is 544. The van der Waals surface area contributed by atoms with Gasteiger partial charge in [-0.2, -0.15) is 0 Å². The molecule has 0 fully saturated rings. The summed E-state index contributed by atoms with van der Waals surface area (Å²) in [6, 6.07) is 15.2. The predicted molar refractivity (Wildman–Crippen MR) is 72.9 cm³/mol. The SMILES string of the molecule is Cc1ccccc1OC(C)(C)c1ccccc1O. The van der Waals surface area contributed by atoms with Crippen LogP contribution >= 0.6 is 0 Å². The molecule has 0 aromatic heterocycles. The van der Waals surface area contributed by atoms with Crippen LogP contribution in [-0.4, -0.2) is 5.11 Å². The molecule has 0 heterocycles. The van der Waals surface area contributed by atoms with Gasteiger partial charge in [-0.1, -0.05) is 36.4 Å². The Morgan fingerprint density at radius 3 is 2.22 bits per heavy atom. The van der Waals surface area contributed by atoms with Crippen LogP contribution in [0.25, 0.3) is 0 Å². The van der Waals surface area contributed by atoms with Crippen molar-refractivity contribution in [3.8, 4) is 11.5 Å². The van der Waals surface area contributed by atoms with Gasteiger partial charge in [0.1, 0.15) is 17.1 Å². The maximum Gasteiger partial charge on any atom is 0.132 e. The third-order valence-electron chi connectivity index (χ3n) is 3.01. The van der Waals surface area contributed by atoms with E-state index in [9.17, 15) is 5.11 Å².